The summed E-state index contributed by atoms with van der Waals surface area (Å²) in [5.74, 6) is -0.803. The molecule has 0 aromatic carbocycles. The molecule has 1 unspecified atom stereocenters. The topological polar surface area (TPSA) is 93.1 Å². The number of esters is 2. The van der Waals surface area contributed by atoms with E-state index < -0.39 is 18.0 Å². The Balaban J connectivity index is 0. The SMILES string of the molecule is [CH2]C(COC(=O)CCCCO)OC(=O)CCCCO.[NaH]. The zero-order valence-corrected chi connectivity index (χ0v) is 11.2. The summed E-state index contributed by atoms with van der Waals surface area (Å²) >= 11 is 0. The third kappa shape index (κ3) is 14.3. The van der Waals surface area contributed by atoms with Gasteiger partial charge in [-0.3, -0.25) is 9.59 Å². The third-order valence-corrected chi connectivity index (χ3v) is 2.31. The molecule has 0 aliphatic heterocycles. The minimum absolute atomic E-state index is 0. The molecule has 0 saturated carbocycles. The number of ether oxygens (including phenoxy) is 2. The molecule has 0 bridgehead atoms. The van der Waals surface area contributed by atoms with E-state index in [0.29, 0.717) is 25.7 Å². The van der Waals surface area contributed by atoms with Crippen molar-refractivity contribution in [1.29, 1.82) is 0 Å². The van der Waals surface area contributed by atoms with Crippen molar-refractivity contribution < 1.29 is 29.3 Å². The van der Waals surface area contributed by atoms with E-state index in [2.05, 4.69) is 6.92 Å². The molecule has 1 radical (unpaired) electrons. The van der Waals surface area contributed by atoms with E-state index in [1.54, 1.807) is 0 Å². The Hall–Kier alpha value is -0.140. The summed E-state index contributed by atoms with van der Waals surface area (Å²) in [6.45, 7) is 3.60. The van der Waals surface area contributed by atoms with Gasteiger partial charge in [-0.05, 0) is 32.6 Å². The summed E-state index contributed by atoms with van der Waals surface area (Å²) in [4.78, 5) is 22.5. The van der Waals surface area contributed by atoms with Gasteiger partial charge in [0.1, 0.15) is 12.7 Å². The summed E-state index contributed by atoms with van der Waals surface area (Å²) < 4.78 is 9.80. The predicted octanol–water partition coefficient (Wildman–Crippen LogP) is -0.0478. The van der Waals surface area contributed by atoms with Crippen molar-refractivity contribution >= 4 is 41.5 Å². The first kappa shape index (κ1) is 22.1. The number of hydrogen-bond acceptors (Lipinski definition) is 6. The van der Waals surface area contributed by atoms with Gasteiger partial charge in [-0.25, -0.2) is 0 Å². The summed E-state index contributed by atoms with van der Waals surface area (Å²) in [6, 6.07) is 0. The predicted molar refractivity (Wildman–Crippen MR) is 75.2 cm³/mol. The van der Waals surface area contributed by atoms with Gasteiger partial charge in [-0.2, -0.15) is 0 Å². The average molecular weight is 299 g/mol. The molecule has 0 saturated heterocycles. The molecular formula is C13H24NaO6. The van der Waals surface area contributed by atoms with Gasteiger partial charge in [0, 0.05) is 26.1 Å². The summed E-state index contributed by atoms with van der Waals surface area (Å²) in [6.07, 6.45) is 1.97. The molecule has 20 heavy (non-hydrogen) atoms. The number of hydrogen-bond donors (Lipinski definition) is 2. The fourth-order valence-electron chi connectivity index (χ4n) is 1.30. The molecule has 0 aromatic heterocycles. The number of aliphatic hydroxyl groups is 2. The Morgan fingerprint density at radius 1 is 0.950 bits per heavy atom. The molecule has 0 amide bonds. The molecule has 0 aliphatic carbocycles. The zero-order valence-electron chi connectivity index (χ0n) is 11.2. The van der Waals surface area contributed by atoms with Crippen LogP contribution in [-0.4, -0.2) is 77.6 Å². The van der Waals surface area contributed by atoms with E-state index in [-0.39, 0.29) is 62.2 Å². The second-order valence-electron chi connectivity index (χ2n) is 4.16. The quantitative estimate of drug-likeness (QED) is 0.316. The van der Waals surface area contributed by atoms with Crippen LogP contribution in [0.1, 0.15) is 38.5 Å². The second-order valence-corrected chi connectivity index (χ2v) is 4.16. The number of carbonyl (C=O) groups excluding carboxylic acids is 2. The first-order chi connectivity index (χ1) is 9.10. The van der Waals surface area contributed by atoms with Crippen molar-refractivity contribution in [2.24, 2.45) is 0 Å². The molecule has 2 N–H and O–H groups in total. The van der Waals surface area contributed by atoms with Gasteiger partial charge < -0.3 is 19.7 Å². The van der Waals surface area contributed by atoms with E-state index >= 15 is 0 Å². The Morgan fingerprint density at radius 3 is 1.95 bits per heavy atom. The van der Waals surface area contributed by atoms with Gasteiger partial charge in [0.15, 0.2) is 0 Å². The van der Waals surface area contributed by atoms with Crippen molar-refractivity contribution in [3.63, 3.8) is 0 Å². The van der Waals surface area contributed by atoms with Crippen LogP contribution >= 0.6 is 0 Å². The van der Waals surface area contributed by atoms with Crippen LogP contribution in [0.15, 0.2) is 0 Å². The van der Waals surface area contributed by atoms with Crippen LogP contribution < -0.4 is 0 Å². The average Bonchev–Trinajstić information content (AvgIpc) is 2.37. The van der Waals surface area contributed by atoms with Crippen LogP contribution in [0.4, 0.5) is 0 Å². The first-order valence-electron chi connectivity index (χ1n) is 6.50. The molecule has 0 aliphatic rings. The Morgan fingerprint density at radius 2 is 1.45 bits per heavy atom. The van der Waals surface area contributed by atoms with E-state index in [9.17, 15) is 9.59 Å². The molecule has 0 aromatic rings. The van der Waals surface area contributed by atoms with Crippen molar-refractivity contribution in [3.05, 3.63) is 6.92 Å². The first-order valence-corrected chi connectivity index (χ1v) is 6.50. The van der Waals surface area contributed by atoms with Crippen LogP contribution in [0.3, 0.4) is 0 Å². The standard InChI is InChI=1S/C13H23O6.Na.H/c1-11(19-13(17)7-3-5-9-15)10-18-12(16)6-2-4-8-14;;/h11,14-15H,1-10H2;;. The maximum absolute atomic E-state index is 11.3. The molecular weight excluding hydrogens is 275 g/mol. The third-order valence-electron chi connectivity index (χ3n) is 2.31. The number of unbranched alkanes of at least 4 members (excludes halogenated alkanes) is 2. The van der Waals surface area contributed by atoms with Gasteiger partial charge in [-0.1, -0.05) is 0 Å². The summed E-state index contributed by atoms with van der Waals surface area (Å²) in [5.41, 5.74) is 0. The van der Waals surface area contributed by atoms with Gasteiger partial charge in [0.05, 0.1) is 0 Å². The summed E-state index contributed by atoms with van der Waals surface area (Å²) in [5, 5.41) is 17.1. The molecule has 7 heteroatoms. The second kappa shape index (κ2) is 15.3. The number of rotatable bonds is 11. The Labute approximate surface area is 142 Å². The van der Waals surface area contributed by atoms with Crippen molar-refractivity contribution in [2.75, 3.05) is 19.8 Å². The van der Waals surface area contributed by atoms with Crippen molar-refractivity contribution in [3.8, 4) is 0 Å². The van der Waals surface area contributed by atoms with E-state index in [0.717, 1.165) is 0 Å². The molecule has 1 atom stereocenters. The van der Waals surface area contributed by atoms with Crippen molar-refractivity contribution in [1.82, 2.24) is 0 Å². The summed E-state index contributed by atoms with van der Waals surface area (Å²) in [7, 11) is 0. The fourth-order valence-corrected chi connectivity index (χ4v) is 1.30. The van der Waals surface area contributed by atoms with Gasteiger partial charge >= 0.3 is 41.5 Å². The van der Waals surface area contributed by atoms with E-state index in [4.69, 9.17) is 19.7 Å². The molecule has 6 nitrogen and oxygen atoms in total. The van der Waals surface area contributed by atoms with E-state index in [1.807, 2.05) is 0 Å². The van der Waals surface area contributed by atoms with E-state index in [1.165, 1.54) is 0 Å². The van der Waals surface area contributed by atoms with Crippen LogP contribution in [0.2, 0.25) is 0 Å². The van der Waals surface area contributed by atoms with Crippen LogP contribution in [0.5, 0.6) is 0 Å². The van der Waals surface area contributed by atoms with Gasteiger partial charge in [0.25, 0.3) is 0 Å². The molecule has 0 rings (SSSR count). The van der Waals surface area contributed by atoms with Crippen LogP contribution in [0.25, 0.3) is 0 Å². The Kier molecular flexibility index (Phi) is 16.9. The van der Waals surface area contributed by atoms with Gasteiger partial charge in [0.2, 0.25) is 0 Å². The van der Waals surface area contributed by atoms with Crippen LogP contribution in [-0.2, 0) is 19.1 Å². The maximum atomic E-state index is 11.3. The minimum atomic E-state index is -0.719. The molecule has 0 heterocycles. The normalized spacial score (nSPS) is 11.3. The molecule has 0 spiro atoms. The zero-order chi connectivity index (χ0) is 14.5. The molecule has 0 fully saturated rings. The monoisotopic (exact) mass is 299 g/mol. The van der Waals surface area contributed by atoms with Crippen molar-refractivity contribution in [2.45, 2.75) is 44.6 Å². The van der Waals surface area contributed by atoms with Gasteiger partial charge in [-0.15, -0.1) is 0 Å². The Bertz CT molecular complexity index is 259. The number of carbonyl (C=O) groups is 2. The van der Waals surface area contributed by atoms with Crippen LogP contribution in [0, 0.1) is 6.92 Å². The number of aliphatic hydroxyl groups excluding tert-OH is 2. The fraction of sp³-hybridized carbons (Fsp3) is 0.769. The molecule has 113 valence electrons.